The lowest BCUT2D eigenvalue weighted by molar-refractivity contribution is 0.0696. The van der Waals surface area contributed by atoms with Gasteiger partial charge in [0.15, 0.2) is 5.82 Å². The Morgan fingerprint density at radius 3 is 2.93 bits per heavy atom. The number of H-pyrrole nitrogens is 1. The summed E-state index contributed by atoms with van der Waals surface area (Å²) in [4.78, 5) is 29.9. The van der Waals surface area contributed by atoms with Gasteiger partial charge in [-0.3, -0.25) is 9.88 Å². The highest BCUT2D eigenvalue weighted by atomic mass is 16.4. The van der Waals surface area contributed by atoms with Crippen LogP contribution in [0.1, 0.15) is 28.0 Å². The number of imidazole rings is 1. The normalized spacial score (nSPS) is 17.3. The van der Waals surface area contributed by atoms with Crippen LogP contribution in [0.15, 0.2) is 49.1 Å². The maximum atomic E-state index is 11.1. The van der Waals surface area contributed by atoms with Crippen molar-refractivity contribution in [1.82, 2.24) is 24.8 Å². The number of likely N-dealkylation sites (tertiary alicyclic amines) is 1. The van der Waals surface area contributed by atoms with Gasteiger partial charge in [-0.25, -0.2) is 14.8 Å². The van der Waals surface area contributed by atoms with Crippen LogP contribution in [0.3, 0.4) is 0 Å². The van der Waals surface area contributed by atoms with E-state index in [4.69, 9.17) is 5.11 Å². The zero-order valence-corrected chi connectivity index (χ0v) is 14.9. The molecule has 0 aliphatic carbocycles. The second-order valence-corrected chi connectivity index (χ2v) is 6.89. The SMILES string of the molecule is O=C(O)c1cccc(CN2CCC(Cc3nccnc3-c3ncc[nH]3)C2)c1. The van der Waals surface area contributed by atoms with Crippen LogP contribution in [-0.2, 0) is 13.0 Å². The first-order chi connectivity index (χ1) is 13.2. The Bertz CT molecular complexity index is 926. The van der Waals surface area contributed by atoms with Gasteiger partial charge in [0.05, 0.1) is 11.3 Å². The van der Waals surface area contributed by atoms with E-state index in [1.807, 2.05) is 12.1 Å². The minimum atomic E-state index is -0.885. The molecule has 0 radical (unpaired) electrons. The predicted octanol–water partition coefficient (Wildman–Crippen LogP) is 2.63. The molecule has 1 aliphatic rings. The van der Waals surface area contributed by atoms with E-state index in [0.29, 0.717) is 11.5 Å². The number of hydrogen-bond acceptors (Lipinski definition) is 5. The van der Waals surface area contributed by atoms with Gasteiger partial charge in [-0.2, -0.15) is 0 Å². The molecule has 1 aromatic carbocycles. The van der Waals surface area contributed by atoms with Crippen LogP contribution < -0.4 is 0 Å². The van der Waals surface area contributed by atoms with Crippen molar-refractivity contribution in [1.29, 1.82) is 0 Å². The van der Waals surface area contributed by atoms with Crippen molar-refractivity contribution in [3.63, 3.8) is 0 Å². The van der Waals surface area contributed by atoms with Crippen LogP contribution in [0.5, 0.6) is 0 Å². The van der Waals surface area contributed by atoms with Gasteiger partial charge < -0.3 is 10.1 Å². The molecule has 138 valence electrons. The van der Waals surface area contributed by atoms with Crippen LogP contribution in [0.2, 0.25) is 0 Å². The summed E-state index contributed by atoms with van der Waals surface area (Å²) < 4.78 is 0. The van der Waals surface area contributed by atoms with Gasteiger partial charge in [0, 0.05) is 37.9 Å². The van der Waals surface area contributed by atoms with E-state index in [1.165, 1.54) is 0 Å². The summed E-state index contributed by atoms with van der Waals surface area (Å²) in [5.74, 6) is 0.362. The molecule has 0 saturated carbocycles. The Morgan fingerprint density at radius 2 is 2.11 bits per heavy atom. The lowest BCUT2D eigenvalue weighted by Crippen LogP contribution is -2.21. The van der Waals surface area contributed by atoms with E-state index in [1.54, 1.807) is 36.9 Å². The smallest absolute Gasteiger partial charge is 0.335 e. The summed E-state index contributed by atoms with van der Waals surface area (Å²) in [5, 5.41) is 9.15. The van der Waals surface area contributed by atoms with E-state index in [-0.39, 0.29) is 0 Å². The highest BCUT2D eigenvalue weighted by Crippen LogP contribution is 2.25. The molecular weight excluding hydrogens is 342 g/mol. The van der Waals surface area contributed by atoms with Gasteiger partial charge in [-0.05, 0) is 43.0 Å². The van der Waals surface area contributed by atoms with E-state index in [9.17, 15) is 4.79 Å². The summed E-state index contributed by atoms with van der Waals surface area (Å²) in [6.45, 7) is 2.73. The first-order valence-electron chi connectivity index (χ1n) is 9.03. The number of aromatic amines is 1. The lowest BCUT2D eigenvalue weighted by atomic mass is 10.0. The summed E-state index contributed by atoms with van der Waals surface area (Å²) in [6.07, 6.45) is 8.87. The fraction of sp³-hybridized carbons (Fsp3) is 0.300. The monoisotopic (exact) mass is 363 g/mol. The maximum Gasteiger partial charge on any atom is 0.335 e. The zero-order valence-electron chi connectivity index (χ0n) is 14.9. The van der Waals surface area contributed by atoms with Crippen LogP contribution >= 0.6 is 0 Å². The average Bonchev–Trinajstić information content (AvgIpc) is 3.35. The third-order valence-electron chi connectivity index (χ3n) is 4.93. The number of carboxylic acid groups (broad SMARTS) is 1. The fourth-order valence-corrected chi connectivity index (χ4v) is 3.67. The average molecular weight is 363 g/mol. The molecule has 2 N–H and O–H groups in total. The number of rotatable bonds is 6. The molecule has 7 nitrogen and oxygen atoms in total. The van der Waals surface area contributed by atoms with Crippen molar-refractivity contribution < 1.29 is 9.90 Å². The Kier molecular flexibility index (Phi) is 4.93. The van der Waals surface area contributed by atoms with E-state index >= 15 is 0 Å². The van der Waals surface area contributed by atoms with Crippen LogP contribution in [0.4, 0.5) is 0 Å². The number of benzene rings is 1. The Hall–Kier alpha value is -3.06. The highest BCUT2D eigenvalue weighted by molar-refractivity contribution is 5.87. The quantitative estimate of drug-likeness (QED) is 0.699. The lowest BCUT2D eigenvalue weighted by Gasteiger charge is -2.16. The summed E-state index contributed by atoms with van der Waals surface area (Å²) in [5.41, 5.74) is 3.15. The van der Waals surface area contributed by atoms with Gasteiger partial charge in [-0.1, -0.05) is 12.1 Å². The Balaban J connectivity index is 1.41. The number of aromatic carboxylic acids is 1. The topological polar surface area (TPSA) is 95.0 Å². The minimum absolute atomic E-state index is 0.339. The number of carboxylic acids is 1. The zero-order chi connectivity index (χ0) is 18.6. The third kappa shape index (κ3) is 4.03. The molecule has 1 unspecified atom stereocenters. The van der Waals surface area contributed by atoms with Crippen molar-refractivity contribution in [2.45, 2.75) is 19.4 Å². The molecule has 2 aromatic heterocycles. The van der Waals surface area contributed by atoms with Gasteiger partial charge in [-0.15, -0.1) is 0 Å². The molecule has 0 amide bonds. The number of hydrogen-bond donors (Lipinski definition) is 2. The molecule has 1 atom stereocenters. The molecular formula is C20H21N5O2. The first kappa shape index (κ1) is 17.4. The molecule has 0 spiro atoms. The van der Waals surface area contributed by atoms with Crippen molar-refractivity contribution in [2.75, 3.05) is 13.1 Å². The number of nitrogens with one attached hydrogen (secondary N) is 1. The molecule has 0 bridgehead atoms. The number of carbonyl (C=O) groups is 1. The van der Waals surface area contributed by atoms with Gasteiger partial charge >= 0.3 is 5.97 Å². The number of nitrogens with zero attached hydrogens (tertiary/aromatic N) is 4. The second-order valence-electron chi connectivity index (χ2n) is 6.89. The molecule has 1 fully saturated rings. The molecule has 27 heavy (non-hydrogen) atoms. The highest BCUT2D eigenvalue weighted by Gasteiger charge is 2.25. The van der Waals surface area contributed by atoms with E-state index in [2.05, 4.69) is 24.8 Å². The van der Waals surface area contributed by atoms with E-state index in [0.717, 1.165) is 55.3 Å². The molecule has 4 rings (SSSR count). The van der Waals surface area contributed by atoms with Crippen LogP contribution in [0.25, 0.3) is 11.5 Å². The van der Waals surface area contributed by atoms with Crippen LogP contribution in [-0.4, -0.2) is 49.0 Å². The largest absolute Gasteiger partial charge is 0.478 e. The fourth-order valence-electron chi connectivity index (χ4n) is 3.67. The van der Waals surface area contributed by atoms with E-state index < -0.39 is 5.97 Å². The second kappa shape index (κ2) is 7.67. The van der Waals surface area contributed by atoms with Crippen molar-refractivity contribution in [3.8, 4) is 11.5 Å². The maximum absolute atomic E-state index is 11.1. The van der Waals surface area contributed by atoms with Crippen LogP contribution in [0, 0.1) is 5.92 Å². The molecule has 3 heterocycles. The molecule has 1 aliphatic heterocycles. The van der Waals surface area contributed by atoms with Gasteiger partial charge in [0.1, 0.15) is 5.69 Å². The van der Waals surface area contributed by atoms with Crippen molar-refractivity contribution >= 4 is 5.97 Å². The number of aromatic nitrogens is 4. The van der Waals surface area contributed by atoms with Gasteiger partial charge in [0.25, 0.3) is 0 Å². The molecule has 1 saturated heterocycles. The first-order valence-corrected chi connectivity index (χ1v) is 9.03. The Labute approximate surface area is 157 Å². The predicted molar refractivity (Wildman–Crippen MR) is 100 cm³/mol. The third-order valence-corrected chi connectivity index (χ3v) is 4.93. The molecule has 3 aromatic rings. The summed E-state index contributed by atoms with van der Waals surface area (Å²) >= 11 is 0. The minimum Gasteiger partial charge on any atom is -0.478 e. The Morgan fingerprint density at radius 1 is 1.22 bits per heavy atom. The summed E-state index contributed by atoms with van der Waals surface area (Å²) in [6, 6.07) is 7.18. The van der Waals surface area contributed by atoms with Gasteiger partial charge in [0.2, 0.25) is 0 Å². The summed E-state index contributed by atoms with van der Waals surface area (Å²) in [7, 11) is 0. The molecule has 7 heteroatoms. The standard InChI is InChI=1S/C20H21N5O2/c26-20(27)16-3-1-2-14(10-16)12-25-9-4-15(13-25)11-17-18(22-6-5-21-17)19-23-7-8-24-19/h1-3,5-8,10,15H,4,9,11-13H2,(H,23,24)(H,26,27). The van der Waals surface area contributed by atoms with Crippen molar-refractivity contribution in [2.24, 2.45) is 5.92 Å². The van der Waals surface area contributed by atoms with Crippen molar-refractivity contribution in [3.05, 3.63) is 65.9 Å².